The van der Waals surface area contributed by atoms with E-state index in [1.807, 2.05) is 42.6 Å². The second kappa shape index (κ2) is 5.58. The molecule has 0 bridgehead atoms. The van der Waals surface area contributed by atoms with Crippen molar-refractivity contribution in [3.63, 3.8) is 0 Å². The van der Waals surface area contributed by atoms with Crippen molar-refractivity contribution in [1.29, 1.82) is 0 Å². The molecule has 0 saturated carbocycles. The Balaban J connectivity index is 1.86. The average Bonchev–Trinajstić information content (AvgIpc) is 2.92. The number of hydrogen-bond acceptors (Lipinski definition) is 3. The normalized spacial score (nSPS) is 10.7. The molecule has 3 rings (SSSR count). The minimum absolute atomic E-state index is 0.119. The molecule has 6 heteroatoms. The van der Waals surface area contributed by atoms with Crippen molar-refractivity contribution in [3.8, 4) is 5.69 Å². The number of benzene rings is 1. The molecule has 0 atom stereocenters. The summed E-state index contributed by atoms with van der Waals surface area (Å²) in [5, 5.41) is 8.56. The van der Waals surface area contributed by atoms with Gasteiger partial charge in [0.15, 0.2) is 0 Å². The lowest BCUT2D eigenvalue weighted by Crippen LogP contribution is -2.23. The summed E-state index contributed by atoms with van der Waals surface area (Å²) in [6.45, 7) is 0.371. The molecule has 20 heavy (non-hydrogen) atoms. The van der Waals surface area contributed by atoms with Gasteiger partial charge in [-0.3, -0.25) is 4.79 Å². The summed E-state index contributed by atoms with van der Waals surface area (Å²) in [7, 11) is 0. The van der Waals surface area contributed by atoms with Gasteiger partial charge in [0.2, 0.25) is 0 Å². The van der Waals surface area contributed by atoms with Gasteiger partial charge in [-0.1, -0.05) is 18.2 Å². The summed E-state index contributed by atoms with van der Waals surface area (Å²) in [5.74, 6) is 0. The van der Waals surface area contributed by atoms with Gasteiger partial charge in [-0.2, -0.15) is 10.2 Å². The first-order chi connectivity index (χ1) is 9.72. The SMILES string of the molecule is O=c1cc(I)cnn1Cc1ccn(-c2ccccc2)n1. The van der Waals surface area contributed by atoms with Crippen LogP contribution in [0.15, 0.2) is 59.7 Å². The van der Waals surface area contributed by atoms with Gasteiger partial charge in [0.1, 0.15) is 0 Å². The van der Waals surface area contributed by atoms with E-state index in [0.29, 0.717) is 6.54 Å². The Labute approximate surface area is 129 Å². The smallest absolute Gasteiger partial charge is 0.268 e. The van der Waals surface area contributed by atoms with Crippen LogP contribution in [0.3, 0.4) is 0 Å². The third-order valence-electron chi connectivity index (χ3n) is 2.81. The molecule has 0 fully saturated rings. The van der Waals surface area contributed by atoms with Gasteiger partial charge >= 0.3 is 0 Å². The standard InChI is InChI=1S/C14H11IN4O/c15-11-8-14(20)19(16-9-11)10-12-6-7-18(17-12)13-4-2-1-3-5-13/h1-9H,10H2. The average molecular weight is 378 g/mol. The molecule has 0 unspecified atom stereocenters. The highest BCUT2D eigenvalue weighted by molar-refractivity contribution is 14.1. The molecule has 0 amide bonds. The Kier molecular flexibility index (Phi) is 3.64. The van der Waals surface area contributed by atoms with E-state index in [2.05, 4.69) is 32.8 Å². The predicted octanol–water partition coefficient (Wildman–Crippen LogP) is 2.08. The molecule has 0 aliphatic carbocycles. The van der Waals surface area contributed by atoms with E-state index in [1.165, 1.54) is 4.68 Å². The van der Waals surface area contributed by atoms with Crippen LogP contribution < -0.4 is 5.56 Å². The predicted molar refractivity (Wildman–Crippen MR) is 83.9 cm³/mol. The summed E-state index contributed by atoms with van der Waals surface area (Å²) < 4.78 is 4.02. The van der Waals surface area contributed by atoms with Gasteiger partial charge in [-0.15, -0.1) is 0 Å². The molecular weight excluding hydrogens is 367 g/mol. The number of halogens is 1. The Morgan fingerprint density at radius 2 is 1.95 bits per heavy atom. The number of aromatic nitrogens is 4. The molecule has 5 nitrogen and oxygen atoms in total. The van der Waals surface area contributed by atoms with Crippen LogP contribution >= 0.6 is 22.6 Å². The molecule has 1 aromatic carbocycles. The maximum atomic E-state index is 11.8. The van der Waals surface area contributed by atoms with Crippen LogP contribution in [-0.4, -0.2) is 19.6 Å². The van der Waals surface area contributed by atoms with Gasteiger partial charge in [0.25, 0.3) is 5.56 Å². The van der Waals surface area contributed by atoms with Crippen LogP contribution in [0, 0.1) is 3.57 Å². The highest BCUT2D eigenvalue weighted by Gasteiger charge is 2.04. The summed E-state index contributed by atoms with van der Waals surface area (Å²) in [4.78, 5) is 11.8. The van der Waals surface area contributed by atoms with E-state index < -0.39 is 0 Å². The molecule has 0 aliphatic heterocycles. The summed E-state index contributed by atoms with van der Waals surface area (Å²) >= 11 is 2.07. The number of hydrogen-bond donors (Lipinski definition) is 0. The first-order valence-corrected chi connectivity index (χ1v) is 7.13. The molecule has 2 aromatic heterocycles. The summed E-state index contributed by atoms with van der Waals surface area (Å²) in [5.41, 5.74) is 1.66. The molecule has 0 spiro atoms. The summed E-state index contributed by atoms with van der Waals surface area (Å²) in [6.07, 6.45) is 3.54. The van der Waals surface area contributed by atoms with Crippen molar-refractivity contribution >= 4 is 22.6 Å². The van der Waals surface area contributed by atoms with Crippen molar-refractivity contribution in [2.45, 2.75) is 6.54 Å². The molecule has 0 aliphatic rings. The molecule has 0 saturated heterocycles. The van der Waals surface area contributed by atoms with Crippen LogP contribution in [0.2, 0.25) is 0 Å². The fourth-order valence-corrected chi connectivity index (χ4v) is 2.25. The van der Waals surface area contributed by atoms with Crippen molar-refractivity contribution in [1.82, 2.24) is 19.6 Å². The molecule has 0 radical (unpaired) electrons. The van der Waals surface area contributed by atoms with Crippen molar-refractivity contribution in [2.75, 3.05) is 0 Å². The molecule has 3 aromatic rings. The molecule has 0 N–H and O–H groups in total. The van der Waals surface area contributed by atoms with Gasteiger partial charge < -0.3 is 0 Å². The van der Waals surface area contributed by atoms with Gasteiger partial charge in [0.05, 0.1) is 24.1 Å². The number of para-hydroxylation sites is 1. The molecule has 100 valence electrons. The summed E-state index contributed by atoms with van der Waals surface area (Å²) in [6, 6.07) is 13.3. The van der Waals surface area contributed by atoms with E-state index in [4.69, 9.17) is 0 Å². The minimum Gasteiger partial charge on any atom is -0.268 e. The lowest BCUT2D eigenvalue weighted by atomic mass is 10.3. The first kappa shape index (κ1) is 13.0. The van der Waals surface area contributed by atoms with E-state index >= 15 is 0 Å². The van der Waals surface area contributed by atoms with Crippen LogP contribution in [0.4, 0.5) is 0 Å². The second-order valence-electron chi connectivity index (χ2n) is 4.26. The highest BCUT2D eigenvalue weighted by Crippen LogP contribution is 2.07. The lowest BCUT2D eigenvalue weighted by molar-refractivity contribution is 0.619. The van der Waals surface area contributed by atoms with Crippen molar-refractivity contribution in [3.05, 3.63) is 74.5 Å². The second-order valence-corrected chi connectivity index (χ2v) is 5.50. The third kappa shape index (κ3) is 2.79. The van der Waals surface area contributed by atoms with Crippen LogP contribution in [0.25, 0.3) is 5.69 Å². The number of nitrogens with zero attached hydrogens (tertiary/aromatic N) is 4. The lowest BCUT2D eigenvalue weighted by Gasteiger charge is -2.02. The van der Waals surface area contributed by atoms with Crippen molar-refractivity contribution < 1.29 is 0 Å². The highest BCUT2D eigenvalue weighted by atomic mass is 127. The van der Waals surface area contributed by atoms with Gasteiger partial charge in [-0.25, -0.2) is 9.36 Å². The van der Waals surface area contributed by atoms with Crippen LogP contribution in [0.5, 0.6) is 0 Å². The minimum atomic E-state index is -0.119. The first-order valence-electron chi connectivity index (χ1n) is 6.05. The zero-order valence-corrected chi connectivity index (χ0v) is 12.6. The van der Waals surface area contributed by atoms with Crippen molar-refractivity contribution in [2.24, 2.45) is 0 Å². The van der Waals surface area contributed by atoms with E-state index in [9.17, 15) is 4.79 Å². The maximum Gasteiger partial charge on any atom is 0.268 e. The quantitative estimate of drug-likeness (QED) is 0.656. The fraction of sp³-hybridized carbons (Fsp3) is 0.0714. The Hall–Kier alpha value is -1.96. The Morgan fingerprint density at radius 3 is 2.70 bits per heavy atom. The van der Waals surface area contributed by atoms with E-state index in [-0.39, 0.29) is 5.56 Å². The number of rotatable bonds is 3. The van der Waals surface area contributed by atoms with E-state index in [1.54, 1.807) is 16.9 Å². The molecular formula is C14H11IN4O. The van der Waals surface area contributed by atoms with Gasteiger partial charge in [-0.05, 0) is 40.8 Å². The van der Waals surface area contributed by atoms with Crippen LogP contribution in [-0.2, 0) is 6.54 Å². The zero-order valence-electron chi connectivity index (χ0n) is 10.5. The van der Waals surface area contributed by atoms with Gasteiger partial charge in [0, 0.05) is 15.8 Å². The van der Waals surface area contributed by atoms with Crippen LogP contribution in [0.1, 0.15) is 5.69 Å². The Bertz CT molecular complexity index is 779. The third-order valence-corrected chi connectivity index (χ3v) is 3.40. The Morgan fingerprint density at radius 1 is 1.15 bits per heavy atom. The fourth-order valence-electron chi connectivity index (χ4n) is 1.85. The molecule has 2 heterocycles. The largest absolute Gasteiger partial charge is 0.268 e. The maximum absolute atomic E-state index is 11.8. The topological polar surface area (TPSA) is 52.7 Å². The van der Waals surface area contributed by atoms with E-state index in [0.717, 1.165) is 15.0 Å². The zero-order chi connectivity index (χ0) is 13.9. The monoisotopic (exact) mass is 378 g/mol.